The fraction of sp³-hybridized carbons (Fsp3) is 0.778. The van der Waals surface area contributed by atoms with Crippen molar-refractivity contribution < 1.29 is 9.59 Å². The molecule has 0 rings (SSSR count). The number of nitrogens with one attached hydrogen (secondary N) is 2. The quantitative estimate of drug-likeness (QED) is 0.571. The lowest BCUT2D eigenvalue weighted by Crippen LogP contribution is -2.43. The van der Waals surface area contributed by atoms with Gasteiger partial charge < -0.3 is 15.4 Å². The standard InChI is InChI=1S/C9H18N2O2/c1-4-10-5-9(13)11-8(6-12)7(2)3/h6-8,10H,4-5H2,1-3H3,(H,11,13). The van der Waals surface area contributed by atoms with E-state index < -0.39 is 0 Å². The summed E-state index contributed by atoms with van der Waals surface area (Å²) in [5.41, 5.74) is 0. The van der Waals surface area contributed by atoms with Gasteiger partial charge in [0.25, 0.3) is 0 Å². The highest BCUT2D eigenvalue weighted by atomic mass is 16.2. The molecule has 0 aromatic carbocycles. The average Bonchev–Trinajstić information content (AvgIpc) is 2.10. The topological polar surface area (TPSA) is 58.2 Å². The third kappa shape index (κ3) is 5.36. The Morgan fingerprint density at radius 3 is 2.46 bits per heavy atom. The molecule has 13 heavy (non-hydrogen) atoms. The minimum Gasteiger partial charge on any atom is -0.345 e. The van der Waals surface area contributed by atoms with E-state index in [1.807, 2.05) is 20.8 Å². The molecule has 0 radical (unpaired) electrons. The van der Waals surface area contributed by atoms with Crippen molar-refractivity contribution in [2.24, 2.45) is 5.92 Å². The highest BCUT2D eigenvalue weighted by molar-refractivity contribution is 5.81. The zero-order valence-corrected chi connectivity index (χ0v) is 8.46. The minimum absolute atomic E-state index is 0.132. The van der Waals surface area contributed by atoms with Crippen molar-refractivity contribution in [3.05, 3.63) is 0 Å². The molecule has 1 unspecified atom stereocenters. The monoisotopic (exact) mass is 186 g/mol. The number of rotatable bonds is 6. The first-order chi connectivity index (χ1) is 6.11. The van der Waals surface area contributed by atoms with E-state index in [1.165, 1.54) is 0 Å². The van der Waals surface area contributed by atoms with Gasteiger partial charge in [-0.3, -0.25) is 4.79 Å². The van der Waals surface area contributed by atoms with Crippen LogP contribution in [0.3, 0.4) is 0 Å². The summed E-state index contributed by atoms with van der Waals surface area (Å²) in [6.45, 7) is 6.74. The van der Waals surface area contributed by atoms with E-state index in [0.29, 0.717) is 0 Å². The predicted octanol–water partition coefficient (Wildman–Crippen LogP) is -0.0644. The third-order valence-corrected chi connectivity index (χ3v) is 1.73. The van der Waals surface area contributed by atoms with Gasteiger partial charge in [0.2, 0.25) is 5.91 Å². The largest absolute Gasteiger partial charge is 0.345 e. The number of carbonyl (C=O) groups is 2. The maximum Gasteiger partial charge on any atom is 0.234 e. The maximum absolute atomic E-state index is 11.1. The van der Waals surface area contributed by atoms with E-state index in [0.717, 1.165) is 12.8 Å². The van der Waals surface area contributed by atoms with Gasteiger partial charge in [0.15, 0.2) is 0 Å². The van der Waals surface area contributed by atoms with Gasteiger partial charge in [-0.25, -0.2) is 0 Å². The Labute approximate surface area is 79.1 Å². The molecule has 0 aliphatic carbocycles. The van der Waals surface area contributed by atoms with E-state index in [-0.39, 0.29) is 24.4 Å². The van der Waals surface area contributed by atoms with Crippen molar-refractivity contribution in [2.75, 3.05) is 13.1 Å². The lowest BCUT2D eigenvalue weighted by Gasteiger charge is -2.15. The van der Waals surface area contributed by atoms with Crippen LogP contribution in [0, 0.1) is 5.92 Å². The summed E-state index contributed by atoms with van der Waals surface area (Å²) in [5.74, 6) is 0.00993. The molecule has 0 spiro atoms. The molecule has 0 aromatic heterocycles. The second-order valence-corrected chi connectivity index (χ2v) is 3.25. The van der Waals surface area contributed by atoms with Crippen LogP contribution in [0.4, 0.5) is 0 Å². The summed E-state index contributed by atoms with van der Waals surface area (Å²) in [7, 11) is 0. The molecule has 1 atom stereocenters. The molecule has 76 valence electrons. The molecule has 0 saturated heterocycles. The van der Waals surface area contributed by atoms with Crippen molar-refractivity contribution in [1.29, 1.82) is 0 Å². The summed E-state index contributed by atoms with van der Waals surface area (Å²) < 4.78 is 0. The second kappa shape index (κ2) is 6.60. The van der Waals surface area contributed by atoms with Crippen molar-refractivity contribution in [2.45, 2.75) is 26.8 Å². The zero-order valence-electron chi connectivity index (χ0n) is 8.46. The summed E-state index contributed by atoms with van der Waals surface area (Å²) in [5, 5.41) is 5.52. The van der Waals surface area contributed by atoms with Crippen molar-refractivity contribution >= 4 is 12.2 Å². The molecule has 0 fully saturated rings. The third-order valence-electron chi connectivity index (χ3n) is 1.73. The van der Waals surface area contributed by atoms with Crippen LogP contribution in [0.2, 0.25) is 0 Å². The smallest absolute Gasteiger partial charge is 0.234 e. The molecule has 0 aromatic rings. The van der Waals surface area contributed by atoms with Crippen LogP contribution >= 0.6 is 0 Å². The number of hydrogen-bond donors (Lipinski definition) is 2. The number of amides is 1. The van der Waals surface area contributed by atoms with Gasteiger partial charge >= 0.3 is 0 Å². The van der Waals surface area contributed by atoms with Crippen molar-refractivity contribution in [3.63, 3.8) is 0 Å². The maximum atomic E-state index is 11.1. The fourth-order valence-corrected chi connectivity index (χ4v) is 0.833. The molecule has 1 amide bonds. The summed E-state index contributed by atoms with van der Waals surface area (Å²) in [4.78, 5) is 21.7. The molecular weight excluding hydrogens is 168 g/mol. The molecule has 0 aliphatic heterocycles. The highest BCUT2D eigenvalue weighted by Crippen LogP contribution is 1.97. The second-order valence-electron chi connectivity index (χ2n) is 3.25. The Balaban J connectivity index is 3.80. The Kier molecular flexibility index (Phi) is 6.14. The van der Waals surface area contributed by atoms with E-state index in [9.17, 15) is 9.59 Å². The minimum atomic E-state index is -0.369. The van der Waals surface area contributed by atoms with Gasteiger partial charge in [-0.05, 0) is 12.5 Å². The summed E-state index contributed by atoms with van der Waals surface area (Å²) >= 11 is 0. The van der Waals surface area contributed by atoms with Crippen LogP contribution in [0.25, 0.3) is 0 Å². The van der Waals surface area contributed by atoms with Gasteiger partial charge in [-0.15, -0.1) is 0 Å². The Morgan fingerprint density at radius 1 is 1.46 bits per heavy atom. The van der Waals surface area contributed by atoms with E-state index in [4.69, 9.17) is 0 Å². The lowest BCUT2D eigenvalue weighted by molar-refractivity contribution is -0.123. The Morgan fingerprint density at radius 2 is 2.08 bits per heavy atom. The summed E-state index contributed by atoms with van der Waals surface area (Å²) in [6.07, 6.45) is 0.772. The predicted molar refractivity (Wildman–Crippen MR) is 51.4 cm³/mol. The SMILES string of the molecule is CCNCC(=O)NC(C=O)C(C)C. The van der Waals surface area contributed by atoms with Crippen LogP contribution in [-0.4, -0.2) is 31.3 Å². The summed E-state index contributed by atoms with van der Waals surface area (Å²) in [6, 6.07) is -0.369. The first-order valence-corrected chi connectivity index (χ1v) is 4.57. The highest BCUT2D eigenvalue weighted by Gasteiger charge is 2.13. The van der Waals surface area contributed by atoms with Gasteiger partial charge in [-0.2, -0.15) is 0 Å². The van der Waals surface area contributed by atoms with Crippen LogP contribution in [-0.2, 0) is 9.59 Å². The first-order valence-electron chi connectivity index (χ1n) is 4.57. The van der Waals surface area contributed by atoms with Gasteiger partial charge in [-0.1, -0.05) is 20.8 Å². The molecule has 2 N–H and O–H groups in total. The molecule has 0 bridgehead atoms. The zero-order chi connectivity index (χ0) is 10.3. The van der Waals surface area contributed by atoms with Crippen molar-refractivity contribution in [1.82, 2.24) is 10.6 Å². The molecule has 0 saturated carbocycles. The van der Waals surface area contributed by atoms with Crippen LogP contribution in [0.15, 0.2) is 0 Å². The number of likely N-dealkylation sites (N-methyl/N-ethyl adjacent to an activating group) is 1. The Hall–Kier alpha value is -0.900. The van der Waals surface area contributed by atoms with Crippen LogP contribution < -0.4 is 10.6 Å². The Bertz CT molecular complexity index is 169. The molecule has 0 heterocycles. The first kappa shape index (κ1) is 12.1. The fourth-order valence-electron chi connectivity index (χ4n) is 0.833. The molecule has 4 nitrogen and oxygen atoms in total. The number of aldehydes is 1. The van der Waals surface area contributed by atoms with Gasteiger partial charge in [0.05, 0.1) is 12.6 Å². The van der Waals surface area contributed by atoms with Crippen LogP contribution in [0.1, 0.15) is 20.8 Å². The molecular formula is C9H18N2O2. The van der Waals surface area contributed by atoms with Gasteiger partial charge in [0, 0.05) is 0 Å². The van der Waals surface area contributed by atoms with E-state index in [1.54, 1.807) is 0 Å². The average molecular weight is 186 g/mol. The van der Waals surface area contributed by atoms with E-state index >= 15 is 0 Å². The number of carbonyl (C=O) groups excluding carboxylic acids is 2. The van der Waals surface area contributed by atoms with Crippen molar-refractivity contribution in [3.8, 4) is 0 Å². The molecule has 4 heteroatoms. The van der Waals surface area contributed by atoms with Crippen LogP contribution in [0.5, 0.6) is 0 Å². The lowest BCUT2D eigenvalue weighted by atomic mass is 10.1. The molecule has 0 aliphatic rings. The number of hydrogen-bond acceptors (Lipinski definition) is 3. The van der Waals surface area contributed by atoms with Gasteiger partial charge in [0.1, 0.15) is 6.29 Å². The van der Waals surface area contributed by atoms with E-state index in [2.05, 4.69) is 10.6 Å². The normalized spacial score (nSPS) is 12.6.